The van der Waals surface area contributed by atoms with Crippen molar-refractivity contribution >= 4 is 28.4 Å². The highest BCUT2D eigenvalue weighted by Crippen LogP contribution is 2.42. The topological polar surface area (TPSA) is 67.2 Å². The van der Waals surface area contributed by atoms with Gasteiger partial charge >= 0.3 is 0 Å². The second-order valence-corrected chi connectivity index (χ2v) is 10.4. The zero-order valence-electron chi connectivity index (χ0n) is 19.6. The van der Waals surface area contributed by atoms with Crippen molar-refractivity contribution in [3.05, 3.63) is 70.6 Å². The number of benzene rings is 2. The Labute approximate surface area is 206 Å². The summed E-state index contributed by atoms with van der Waals surface area (Å²) in [4.78, 5) is 24.4. The molecule has 0 aliphatic carbocycles. The van der Waals surface area contributed by atoms with E-state index in [-0.39, 0.29) is 5.82 Å². The summed E-state index contributed by atoms with van der Waals surface area (Å²) in [5, 5.41) is 9.44. The first kappa shape index (κ1) is 21.9. The highest BCUT2D eigenvalue weighted by Gasteiger charge is 2.44. The van der Waals surface area contributed by atoms with E-state index in [4.69, 9.17) is 4.98 Å². The van der Waals surface area contributed by atoms with Crippen molar-refractivity contribution in [3.8, 4) is 16.9 Å². The van der Waals surface area contributed by atoms with Gasteiger partial charge in [-0.15, -0.1) is 11.3 Å². The number of thiazole rings is 1. The third-order valence-corrected chi connectivity index (χ3v) is 8.15. The Morgan fingerprint density at radius 1 is 1.11 bits per heavy atom. The number of halogens is 1. The molecule has 7 nitrogen and oxygen atoms in total. The fourth-order valence-electron chi connectivity index (χ4n) is 5.39. The van der Waals surface area contributed by atoms with Gasteiger partial charge in [0.25, 0.3) is 0 Å². The maximum absolute atomic E-state index is 13.8. The number of hydrogen-bond donors (Lipinski definition) is 0. The van der Waals surface area contributed by atoms with Gasteiger partial charge < -0.3 is 9.80 Å². The number of rotatable bonds is 5. The van der Waals surface area contributed by atoms with Crippen molar-refractivity contribution < 1.29 is 9.18 Å². The number of piperidine rings is 1. The van der Waals surface area contributed by atoms with Crippen LogP contribution in [0.1, 0.15) is 27.2 Å². The predicted molar refractivity (Wildman–Crippen MR) is 135 cm³/mol. The highest BCUT2D eigenvalue weighted by molar-refractivity contribution is 7.16. The van der Waals surface area contributed by atoms with Crippen LogP contribution in [0.2, 0.25) is 0 Å². The van der Waals surface area contributed by atoms with Crippen LogP contribution in [0, 0.1) is 25.6 Å². The molecule has 9 heteroatoms. The summed E-state index contributed by atoms with van der Waals surface area (Å²) in [6.07, 6.45) is 5.20. The fourth-order valence-corrected chi connectivity index (χ4v) is 6.38. The van der Waals surface area contributed by atoms with Gasteiger partial charge in [0, 0.05) is 36.0 Å². The van der Waals surface area contributed by atoms with Crippen molar-refractivity contribution in [2.45, 2.75) is 26.3 Å². The van der Waals surface area contributed by atoms with Crippen molar-refractivity contribution in [1.82, 2.24) is 20.0 Å². The first-order valence-electron chi connectivity index (χ1n) is 11.7. The summed E-state index contributed by atoms with van der Waals surface area (Å²) in [5.74, 6) is 0.348. The van der Waals surface area contributed by atoms with Gasteiger partial charge in [0.1, 0.15) is 5.82 Å². The molecular formula is C26H25FN6OS. The van der Waals surface area contributed by atoms with Gasteiger partial charge in [0.05, 0.1) is 41.1 Å². The summed E-state index contributed by atoms with van der Waals surface area (Å²) in [6, 6.07) is 10.9. The molecule has 0 amide bonds. The number of anilines is 2. The van der Waals surface area contributed by atoms with E-state index in [1.807, 2.05) is 32.0 Å². The van der Waals surface area contributed by atoms with Crippen LogP contribution in [-0.4, -0.2) is 51.9 Å². The van der Waals surface area contributed by atoms with Crippen LogP contribution in [0.4, 0.5) is 15.2 Å². The van der Waals surface area contributed by atoms with Crippen LogP contribution in [0.3, 0.4) is 0 Å². The van der Waals surface area contributed by atoms with E-state index in [9.17, 15) is 9.18 Å². The van der Waals surface area contributed by atoms with Gasteiger partial charge in [-0.3, -0.25) is 4.79 Å². The number of fused-ring (bicyclic) bond motifs is 1. The molecule has 0 unspecified atom stereocenters. The third-order valence-electron chi connectivity index (χ3n) is 7.15. The molecule has 2 saturated heterocycles. The summed E-state index contributed by atoms with van der Waals surface area (Å²) in [6.45, 7) is 6.78. The van der Waals surface area contributed by atoms with Gasteiger partial charge in [-0.25, -0.2) is 9.37 Å². The Morgan fingerprint density at radius 2 is 1.94 bits per heavy atom. The van der Waals surface area contributed by atoms with Gasteiger partial charge in [-0.2, -0.15) is 15.0 Å². The number of carbonyl (C=O) groups is 1. The van der Waals surface area contributed by atoms with Crippen LogP contribution in [0.15, 0.2) is 48.8 Å². The minimum absolute atomic E-state index is 0.253. The largest absolute Gasteiger partial charge is 0.369 e. The van der Waals surface area contributed by atoms with E-state index in [1.54, 1.807) is 29.8 Å². The van der Waals surface area contributed by atoms with Crippen molar-refractivity contribution in [1.29, 1.82) is 0 Å². The Bertz CT molecular complexity index is 1400. The molecule has 35 heavy (non-hydrogen) atoms. The number of aromatic nitrogens is 4. The lowest BCUT2D eigenvalue weighted by Gasteiger charge is -2.54. The smallest absolute Gasteiger partial charge is 0.186 e. The average Bonchev–Trinajstić information content (AvgIpc) is 3.50. The normalized spacial score (nSPS) is 19.4. The number of aryl methyl sites for hydroxylation is 2. The number of nitrogens with zero attached hydrogens (tertiary/aromatic N) is 6. The molecule has 2 atom stereocenters. The van der Waals surface area contributed by atoms with Gasteiger partial charge in [0.2, 0.25) is 0 Å². The van der Waals surface area contributed by atoms with E-state index >= 15 is 0 Å². The Kier molecular flexibility index (Phi) is 5.36. The second-order valence-electron chi connectivity index (χ2n) is 9.23. The first-order chi connectivity index (χ1) is 17.0. The summed E-state index contributed by atoms with van der Waals surface area (Å²) >= 11 is 1.66. The molecule has 6 rings (SSSR count). The van der Waals surface area contributed by atoms with Crippen LogP contribution >= 0.6 is 11.3 Å². The lowest BCUT2D eigenvalue weighted by molar-refractivity contribution is 0.112. The molecule has 0 saturated carbocycles. The molecule has 0 bridgehead atoms. The Hall–Kier alpha value is -3.59. The van der Waals surface area contributed by atoms with Crippen LogP contribution in [0.25, 0.3) is 16.9 Å². The first-order valence-corrected chi connectivity index (χ1v) is 12.6. The second kappa shape index (κ2) is 8.57. The Balaban J connectivity index is 1.29. The van der Waals surface area contributed by atoms with Gasteiger partial charge in [-0.1, -0.05) is 18.2 Å². The monoisotopic (exact) mass is 488 g/mol. The summed E-state index contributed by atoms with van der Waals surface area (Å²) in [7, 11) is 0. The molecular weight excluding hydrogens is 463 g/mol. The maximum Gasteiger partial charge on any atom is 0.186 e. The maximum atomic E-state index is 13.8. The van der Waals surface area contributed by atoms with Crippen LogP contribution in [0.5, 0.6) is 0 Å². The molecule has 0 spiro atoms. The minimum atomic E-state index is -0.253. The molecule has 0 radical (unpaired) electrons. The summed E-state index contributed by atoms with van der Waals surface area (Å²) in [5.41, 5.74) is 4.97. The minimum Gasteiger partial charge on any atom is -0.369 e. The SMILES string of the molecule is Cc1ccc(-n2nccn2)c(C=O)c1N1CC[C@@H]2CN(c3nc(-c4cccc(F)c4)c(C)s3)[C@@H]2C1. The quantitative estimate of drug-likeness (QED) is 0.380. The van der Waals surface area contributed by atoms with E-state index in [0.717, 1.165) is 64.9 Å². The average molecular weight is 489 g/mol. The zero-order chi connectivity index (χ0) is 24.1. The highest BCUT2D eigenvalue weighted by atomic mass is 32.1. The van der Waals surface area contributed by atoms with E-state index in [1.165, 1.54) is 16.9 Å². The molecule has 0 N–H and O–H groups in total. The molecule has 2 aromatic carbocycles. The zero-order valence-corrected chi connectivity index (χ0v) is 20.4. The van der Waals surface area contributed by atoms with Crippen molar-refractivity contribution in [3.63, 3.8) is 0 Å². The van der Waals surface area contributed by atoms with Gasteiger partial charge in [0.15, 0.2) is 11.4 Å². The number of hydrogen-bond acceptors (Lipinski definition) is 7. The predicted octanol–water partition coefficient (Wildman–Crippen LogP) is 4.67. The summed E-state index contributed by atoms with van der Waals surface area (Å²) < 4.78 is 13.8. The molecule has 178 valence electrons. The molecule has 2 aliphatic rings. The van der Waals surface area contributed by atoms with E-state index in [2.05, 4.69) is 20.0 Å². The lowest BCUT2D eigenvalue weighted by atomic mass is 9.82. The van der Waals surface area contributed by atoms with Crippen LogP contribution < -0.4 is 9.80 Å². The fraction of sp³-hybridized carbons (Fsp3) is 0.308. The number of aldehydes is 1. The molecule has 4 heterocycles. The van der Waals surface area contributed by atoms with Crippen LogP contribution in [-0.2, 0) is 0 Å². The molecule has 2 aromatic heterocycles. The van der Waals surface area contributed by atoms with Gasteiger partial charge in [-0.05, 0) is 44.0 Å². The molecule has 2 fully saturated rings. The number of carbonyl (C=O) groups excluding carboxylic acids is 1. The van der Waals surface area contributed by atoms with Crippen molar-refractivity contribution in [2.75, 3.05) is 29.4 Å². The Morgan fingerprint density at radius 3 is 2.71 bits per heavy atom. The van der Waals surface area contributed by atoms with Crippen molar-refractivity contribution in [2.24, 2.45) is 5.92 Å². The van der Waals surface area contributed by atoms with E-state index in [0.29, 0.717) is 23.2 Å². The third kappa shape index (κ3) is 3.70. The van der Waals surface area contributed by atoms with E-state index < -0.39 is 0 Å². The standard InChI is InChI=1S/C26H25FN6OS/c1-16-6-7-22(33-28-9-10-29-33)21(15-34)25(16)31-11-8-19-13-32(23(19)14-31)26-30-24(17(2)35-26)18-4-3-5-20(27)12-18/h3-7,9-10,12,15,19,23H,8,11,13-14H2,1-2H3/t19-,23-/m1/s1. The molecule has 4 aromatic rings. The molecule has 2 aliphatic heterocycles. The lowest BCUT2D eigenvalue weighted by Crippen LogP contribution is -2.64.